The number of hydrogen-bond acceptors (Lipinski definition) is 3. The molecule has 2 unspecified atom stereocenters. The zero-order valence-corrected chi connectivity index (χ0v) is 15.7. The summed E-state index contributed by atoms with van der Waals surface area (Å²) in [5.41, 5.74) is 0. The van der Waals surface area contributed by atoms with Gasteiger partial charge in [0.05, 0.1) is 0 Å². The van der Waals surface area contributed by atoms with Crippen LogP contribution in [0.5, 0.6) is 0 Å². The van der Waals surface area contributed by atoms with Crippen LogP contribution in [0.2, 0.25) is 0 Å². The van der Waals surface area contributed by atoms with Crippen molar-refractivity contribution in [1.29, 1.82) is 0 Å². The number of allylic oxidation sites excluding steroid dienone is 2. The van der Waals surface area contributed by atoms with Crippen LogP contribution in [0, 0.1) is 11.8 Å². The first-order chi connectivity index (χ1) is 10.6. The molecule has 0 aliphatic carbocycles. The summed E-state index contributed by atoms with van der Waals surface area (Å²) in [4.78, 5) is 0. The van der Waals surface area contributed by atoms with Gasteiger partial charge in [0.15, 0.2) is 0 Å². The summed E-state index contributed by atoms with van der Waals surface area (Å²) in [7, 11) is 5.00. The smallest absolute Gasteiger partial charge is 0.285 e. The van der Waals surface area contributed by atoms with Gasteiger partial charge in [0, 0.05) is 27.2 Å². The second kappa shape index (κ2) is 13.1. The van der Waals surface area contributed by atoms with Gasteiger partial charge in [0.25, 0.3) is 5.97 Å². The minimum atomic E-state index is -0.887. The van der Waals surface area contributed by atoms with E-state index in [0.717, 1.165) is 25.2 Å². The normalized spacial score (nSPS) is 15.4. The van der Waals surface area contributed by atoms with Crippen LogP contribution in [0.15, 0.2) is 12.2 Å². The Bertz CT molecular complexity index is 264. The summed E-state index contributed by atoms with van der Waals surface area (Å²) >= 11 is 0. The summed E-state index contributed by atoms with van der Waals surface area (Å²) in [6.45, 7) is 6.57. The molecule has 0 aromatic carbocycles. The SMILES string of the molecule is CC=CC(CCC)CCCCC(CCC)C(OC)(OC)OC. The molecule has 0 aromatic heterocycles. The van der Waals surface area contributed by atoms with Crippen LogP contribution in [0.1, 0.15) is 72.1 Å². The van der Waals surface area contributed by atoms with E-state index in [-0.39, 0.29) is 5.92 Å². The number of ether oxygens (including phenoxy) is 3. The Morgan fingerprint density at radius 3 is 1.82 bits per heavy atom. The molecule has 0 saturated carbocycles. The summed E-state index contributed by atoms with van der Waals surface area (Å²) in [5.74, 6) is 0.128. The first kappa shape index (κ1) is 21.6. The number of methoxy groups -OCH3 is 3. The Morgan fingerprint density at radius 2 is 1.36 bits per heavy atom. The van der Waals surface area contributed by atoms with E-state index >= 15 is 0 Å². The summed E-state index contributed by atoms with van der Waals surface area (Å²) in [6.07, 6.45) is 14.1. The minimum Gasteiger partial charge on any atom is -0.331 e. The Balaban J connectivity index is 4.41. The molecule has 0 heterocycles. The van der Waals surface area contributed by atoms with Gasteiger partial charge in [-0.25, -0.2) is 0 Å². The molecule has 0 spiro atoms. The molecule has 2 atom stereocenters. The molecular formula is C19H38O3. The highest BCUT2D eigenvalue weighted by Crippen LogP contribution is 2.32. The summed E-state index contributed by atoms with van der Waals surface area (Å²) in [5, 5.41) is 0. The van der Waals surface area contributed by atoms with Crippen LogP contribution in [0.25, 0.3) is 0 Å². The minimum absolute atomic E-state index is 0.281. The van der Waals surface area contributed by atoms with E-state index in [4.69, 9.17) is 14.2 Å². The van der Waals surface area contributed by atoms with Crippen LogP contribution in [0.4, 0.5) is 0 Å². The maximum atomic E-state index is 5.55. The zero-order valence-electron chi connectivity index (χ0n) is 15.7. The third kappa shape index (κ3) is 7.26. The maximum absolute atomic E-state index is 5.55. The fourth-order valence-corrected chi connectivity index (χ4v) is 3.37. The Labute approximate surface area is 138 Å². The van der Waals surface area contributed by atoms with Gasteiger partial charge < -0.3 is 14.2 Å². The molecule has 3 heteroatoms. The van der Waals surface area contributed by atoms with E-state index in [1.54, 1.807) is 21.3 Å². The topological polar surface area (TPSA) is 27.7 Å². The van der Waals surface area contributed by atoms with Gasteiger partial charge in [-0.05, 0) is 38.5 Å². The molecular weight excluding hydrogens is 276 g/mol. The van der Waals surface area contributed by atoms with E-state index in [2.05, 4.69) is 32.9 Å². The third-order valence-electron chi connectivity index (χ3n) is 4.49. The molecule has 0 amide bonds. The third-order valence-corrected chi connectivity index (χ3v) is 4.49. The molecule has 132 valence electrons. The average Bonchev–Trinajstić information content (AvgIpc) is 2.53. The van der Waals surface area contributed by atoms with Crippen LogP contribution in [-0.4, -0.2) is 27.3 Å². The van der Waals surface area contributed by atoms with Crippen LogP contribution >= 0.6 is 0 Å². The van der Waals surface area contributed by atoms with Gasteiger partial charge in [0.2, 0.25) is 0 Å². The molecule has 0 rings (SSSR count). The molecule has 3 nitrogen and oxygen atoms in total. The van der Waals surface area contributed by atoms with Crippen molar-refractivity contribution in [1.82, 2.24) is 0 Å². The van der Waals surface area contributed by atoms with E-state index < -0.39 is 5.97 Å². The van der Waals surface area contributed by atoms with E-state index in [9.17, 15) is 0 Å². The quantitative estimate of drug-likeness (QED) is 0.239. The number of rotatable bonds is 14. The van der Waals surface area contributed by atoms with E-state index in [0.29, 0.717) is 0 Å². The first-order valence-electron chi connectivity index (χ1n) is 8.92. The van der Waals surface area contributed by atoms with Crippen LogP contribution < -0.4 is 0 Å². The monoisotopic (exact) mass is 314 g/mol. The van der Waals surface area contributed by atoms with Crippen molar-refractivity contribution in [2.75, 3.05) is 21.3 Å². The molecule has 0 bridgehead atoms. The van der Waals surface area contributed by atoms with E-state index in [1.165, 1.54) is 32.1 Å². The zero-order chi connectivity index (χ0) is 16.8. The largest absolute Gasteiger partial charge is 0.331 e. The van der Waals surface area contributed by atoms with Crippen molar-refractivity contribution in [3.05, 3.63) is 12.2 Å². The fraction of sp³-hybridized carbons (Fsp3) is 0.895. The molecule has 0 fully saturated rings. The van der Waals surface area contributed by atoms with Crippen molar-refractivity contribution >= 4 is 0 Å². The molecule has 0 saturated heterocycles. The fourth-order valence-electron chi connectivity index (χ4n) is 3.37. The Morgan fingerprint density at radius 1 is 0.818 bits per heavy atom. The van der Waals surface area contributed by atoms with Gasteiger partial charge in [-0.3, -0.25) is 0 Å². The lowest BCUT2D eigenvalue weighted by molar-refractivity contribution is -0.380. The summed E-state index contributed by atoms with van der Waals surface area (Å²) < 4.78 is 16.7. The lowest BCUT2D eigenvalue weighted by Gasteiger charge is -2.36. The van der Waals surface area contributed by atoms with Crippen LogP contribution in [0.3, 0.4) is 0 Å². The van der Waals surface area contributed by atoms with Crippen molar-refractivity contribution in [3.8, 4) is 0 Å². The highest BCUT2D eigenvalue weighted by atomic mass is 16.9. The van der Waals surface area contributed by atoms with E-state index in [1.807, 2.05) is 0 Å². The maximum Gasteiger partial charge on any atom is 0.285 e. The van der Waals surface area contributed by atoms with Gasteiger partial charge in [-0.2, -0.15) is 0 Å². The van der Waals surface area contributed by atoms with Gasteiger partial charge in [-0.1, -0.05) is 51.7 Å². The molecule has 22 heavy (non-hydrogen) atoms. The second-order valence-corrected chi connectivity index (χ2v) is 6.06. The van der Waals surface area contributed by atoms with Crippen molar-refractivity contribution in [2.45, 2.75) is 78.1 Å². The summed E-state index contributed by atoms with van der Waals surface area (Å²) in [6, 6.07) is 0. The van der Waals surface area contributed by atoms with Crippen molar-refractivity contribution in [2.24, 2.45) is 11.8 Å². The van der Waals surface area contributed by atoms with Gasteiger partial charge in [-0.15, -0.1) is 0 Å². The number of unbranched alkanes of at least 4 members (excludes halogenated alkanes) is 1. The number of hydrogen-bond donors (Lipinski definition) is 0. The van der Waals surface area contributed by atoms with Crippen LogP contribution in [-0.2, 0) is 14.2 Å². The molecule has 0 radical (unpaired) electrons. The molecule has 0 N–H and O–H groups in total. The predicted molar refractivity (Wildman–Crippen MR) is 93.8 cm³/mol. The second-order valence-electron chi connectivity index (χ2n) is 6.06. The predicted octanol–water partition coefficient (Wildman–Crippen LogP) is 5.55. The average molecular weight is 315 g/mol. The van der Waals surface area contributed by atoms with Gasteiger partial charge >= 0.3 is 0 Å². The molecule has 0 aliphatic rings. The molecule has 0 aromatic rings. The lowest BCUT2D eigenvalue weighted by Crippen LogP contribution is -2.44. The lowest BCUT2D eigenvalue weighted by atomic mass is 9.91. The molecule has 0 aliphatic heterocycles. The Kier molecular flexibility index (Phi) is 12.9. The van der Waals surface area contributed by atoms with Gasteiger partial charge in [0.1, 0.15) is 0 Å². The highest BCUT2D eigenvalue weighted by molar-refractivity contribution is 4.85. The van der Waals surface area contributed by atoms with Crippen molar-refractivity contribution in [3.63, 3.8) is 0 Å². The standard InChI is InChI=1S/C19H38O3/c1-7-12-17(13-8-2)15-10-11-16-18(14-9-3)19(20-4,21-5)22-6/h7,12,17-18H,8-11,13-16H2,1-6H3. The highest BCUT2D eigenvalue weighted by Gasteiger charge is 2.38. The first-order valence-corrected chi connectivity index (χ1v) is 8.92. The Hall–Kier alpha value is -0.380. The van der Waals surface area contributed by atoms with Crippen molar-refractivity contribution < 1.29 is 14.2 Å².